The number of hydrogen-bond acceptors (Lipinski definition) is 2. The van der Waals surface area contributed by atoms with Gasteiger partial charge in [-0.1, -0.05) is 60.7 Å². The molecule has 2 aliphatic heterocycles. The molecule has 2 heteroatoms. The van der Waals surface area contributed by atoms with Crippen LogP contribution in [0.3, 0.4) is 0 Å². The largest absolute Gasteiger partial charge is 0.362 e. The van der Waals surface area contributed by atoms with Crippen LogP contribution in [-0.2, 0) is 17.7 Å². The van der Waals surface area contributed by atoms with Crippen LogP contribution < -0.4 is 0 Å². The van der Waals surface area contributed by atoms with Crippen LogP contribution in [0, 0.1) is 11.3 Å². The van der Waals surface area contributed by atoms with E-state index < -0.39 is 0 Å². The van der Waals surface area contributed by atoms with Crippen LogP contribution in [0.25, 0.3) is 0 Å². The van der Waals surface area contributed by atoms with Crippen LogP contribution in [0.2, 0.25) is 0 Å². The number of hydrogen-bond donors (Lipinski definition) is 0. The van der Waals surface area contributed by atoms with Gasteiger partial charge in [-0.2, -0.15) is 0 Å². The van der Waals surface area contributed by atoms with Crippen LogP contribution in [0.15, 0.2) is 60.7 Å². The third-order valence-electron chi connectivity index (χ3n) is 6.09. The molecule has 1 aliphatic carbocycles. The van der Waals surface area contributed by atoms with Crippen molar-refractivity contribution in [3.05, 3.63) is 71.8 Å². The van der Waals surface area contributed by atoms with E-state index in [9.17, 15) is 0 Å². The smallest absolute Gasteiger partial charge is 0.111 e. The molecule has 2 aromatic carbocycles. The first-order chi connectivity index (χ1) is 11.3. The number of benzene rings is 2. The molecule has 5 rings (SSSR count). The second-order valence-corrected chi connectivity index (χ2v) is 7.56. The molecule has 23 heavy (non-hydrogen) atoms. The molecule has 2 aromatic rings. The molecule has 118 valence electrons. The molecule has 3 fully saturated rings. The Labute approximate surface area is 138 Å². The average molecular weight is 305 g/mol. The second kappa shape index (κ2) is 5.19. The maximum Gasteiger partial charge on any atom is 0.111 e. The van der Waals surface area contributed by atoms with E-state index in [1.165, 1.54) is 30.4 Å². The quantitative estimate of drug-likeness (QED) is 0.850. The summed E-state index contributed by atoms with van der Waals surface area (Å²) in [6.07, 6.45) is 4.07. The Morgan fingerprint density at radius 1 is 0.957 bits per heavy atom. The third-order valence-corrected chi connectivity index (χ3v) is 6.09. The molecule has 4 atom stereocenters. The fourth-order valence-corrected chi connectivity index (χ4v) is 4.89. The van der Waals surface area contributed by atoms with Crippen molar-refractivity contribution in [1.29, 1.82) is 0 Å². The standard InChI is InChI=1S/C21H23NO/c1-3-7-16(8-4-1)12-21-13-20(23-15-21)22(19-11-18(19)21)14-17-9-5-2-6-10-17/h1-10,18-20H,11-15H2/t18-,19+,20-,21-/m0/s1. The highest BCUT2D eigenvalue weighted by atomic mass is 16.5. The maximum absolute atomic E-state index is 6.26. The number of rotatable bonds is 4. The van der Waals surface area contributed by atoms with Gasteiger partial charge in [0.1, 0.15) is 6.23 Å². The number of nitrogens with zero attached hydrogens (tertiary/aromatic N) is 1. The monoisotopic (exact) mass is 305 g/mol. The van der Waals surface area contributed by atoms with Crippen molar-refractivity contribution in [3.63, 3.8) is 0 Å². The lowest BCUT2D eigenvalue weighted by Gasteiger charge is -2.37. The Hall–Kier alpha value is -1.64. The van der Waals surface area contributed by atoms with E-state index in [1.807, 2.05) is 0 Å². The first kappa shape index (κ1) is 13.8. The highest BCUT2D eigenvalue weighted by molar-refractivity contribution is 5.23. The normalized spacial score (nSPS) is 35.0. The van der Waals surface area contributed by atoms with E-state index in [0.29, 0.717) is 11.6 Å². The van der Waals surface area contributed by atoms with Gasteiger partial charge in [0.15, 0.2) is 0 Å². The SMILES string of the molecule is c1ccc(CN2[C@@H]3C[C@@](Cc4ccccc4)(CO3)[C@H]3C[C@H]32)cc1. The van der Waals surface area contributed by atoms with Gasteiger partial charge in [-0.15, -0.1) is 0 Å². The predicted octanol–water partition coefficient (Wildman–Crippen LogP) is 3.87. The number of ether oxygens (including phenoxy) is 1. The van der Waals surface area contributed by atoms with E-state index in [1.54, 1.807) is 0 Å². The third kappa shape index (κ3) is 2.32. The van der Waals surface area contributed by atoms with Crippen molar-refractivity contribution in [2.75, 3.05) is 6.61 Å². The summed E-state index contributed by atoms with van der Waals surface area (Å²) in [7, 11) is 0. The highest BCUT2D eigenvalue weighted by Gasteiger charge is 2.64. The summed E-state index contributed by atoms with van der Waals surface area (Å²) in [6.45, 7) is 1.98. The van der Waals surface area contributed by atoms with Crippen molar-refractivity contribution < 1.29 is 4.74 Å². The molecule has 1 saturated carbocycles. The summed E-state index contributed by atoms with van der Waals surface area (Å²) in [6, 6.07) is 22.6. The fourth-order valence-electron chi connectivity index (χ4n) is 4.89. The molecule has 2 saturated heterocycles. The molecule has 2 bridgehead atoms. The van der Waals surface area contributed by atoms with E-state index in [2.05, 4.69) is 65.6 Å². The van der Waals surface area contributed by atoms with Gasteiger partial charge in [0.05, 0.1) is 6.61 Å². The topological polar surface area (TPSA) is 12.5 Å². The van der Waals surface area contributed by atoms with E-state index in [-0.39, 0.29) is 0 Å². The number of fused-ring (bicyclic) bond motifs is 4. The van der Waals surface area contributed by atoms with Gasteiger partial charge in [0.25, 0.3) is 0 Å². The lowest BCUT2D eigenvalue weighted by molar-refractivity contribution is -0.0307. The molecule has 2 heterocycles. The van der Waals surface area contributed by atoms with Gasteiger partial charge in [0, 0.05) is 18.0 Å². The molecule has 0 radical (unpaired) electrons. The number of piperidine rings is 1. The Morgan fingerprint density at radius 3 is 2.39 bits per heavy atom. The van der Waals surface area contributed by atoms with Crippen molar-refractivity contribution in [3.8, 4) is 0 Å². The maximum atomic E-state index is 6.26. The van der Waals surface area contributed by atoms with Crippen molar-refractivity contribution in [2.45, 2.75) is 38.1 Å². The Balaban J connectivity index is 1.35. The van der Waals surface area contributed by atoms with Crippen LogP contribution in [-0.4, -0.2) is 23.8 Å². The van der Waals surface area contributed by atoms with E-state index >= 15 is 0 Å². The number of likely N-dealkylation sites (tertiary alicyclic amines) is 1. The molecule has 0 aromatic heterocycles. The lowest BCUT2D eigenvalue weighted by atomic mass is 9.74. The summed E-state index contributed by atoms with van der Waals surface area (Å²) < 4.78 is 6.26. The minimum Gasteiger partial charge on any atom is -0.362 e. The average Bonchev–Trinajstić information content (AvgIpc) is 3.32. The highest BCUT2D eigenvalue weighted by Crippen LogP contribution is 2.61. The van der Waals surface area contributed by atoms with Crippen LogP contribution in [0.4, 0.5) is 0 Å². The van der Waals surface area contributed by atoms with Gasteiger partial charge in [-0.05, 0) is 36.3 Å². The molecule has 0 spiro atoms. The van der Waals surface area contributed by atoms with Crippen molar-refractivity contribution in [2.24, 2.45) is 11.3 Å². The second-order valence-electron chi connectivity index (χ2n) is 7.56. The molecule has 3 aliphatic rings. The molecular weight excluding hydrogens is 282 g/mol. The van der Waals surface area contributed by atoms with Gasteiger partial charge in [-0.25, -0.2) is 0 Å². The summed E-state index contributed by atoms with van der Waals surface area (Å²) in [5, 5.41) is 0. The summed E-state index contributed by atoms with van der Waals surface area (Å²) in [5.41, 5.74) is 3.27. The minimum atomic E-state index is 0.322. The summed E-state index contributed by atoms with van der Waals surface area (Å²) >= 11 is 0. The molecule has 0 unspecified atom stereocenters. The first-order valence-corrected chi connectivity index (χ1v) is 8.79. The predicted molar refractivity (Wildman–Crippen MR) is 90.8 cm³/mol. The molecular formula is C21H23NO. The zero-order chi connectivity index (χ0) is 15.3. The van der Waals surface area contributed by atoms with Gasteiger partial charge < -0.3 is 4.74 Å². The van der Waals surface area contributed by atoms with Crippen molar-refractivity contribution >= 4 is 0 Å². The Morgan fingerprint density at radius 2 is 1.65 bits per heavy atom. The zero-order valence-corrected chi connectivity index (χ0v) is 13.4. The Kier molecular flexibility index (Phi) is 3.10. The van der Waals surface area contributed by atoms with E-state index in [4.69, 9.17) is 4.74 Å². The zero-order valence-electron chi connectivity index (χ0n) is 13.4. The fraction of sp³-hybridized carbons (Fsp3) is 0.429. The van der Waals surface area contributed by atoms with Crippen LogP contribution >= 0.6 is 0 Å². The van der Waals surface area contributed by atoms with Crippen LogP contribution in [0.1, 0.15) is 24.0 Å². The molecule has 0 amide bonds. The van der Waals surface area contributed by atoms with Crippen LogP contribution in [0.5, 0.6) is 0 Å². The molecule has 2 nitrogen and oxygen atoms in total. The van der Waals surface area contributed by atoms with Crippen molar-refractivity contribution in [1.82, 2.24) is 4.90 Å². The summed E-state index contributed by atoms with van der Waals surface area (Å²) in [5.74, 6) is 0.824. The lowest BCUT2D eigenvalue weighted by Crippen LogP contribution is -2.43. The van der Waals surface area contributed by atoms with Gasteiger partial charge in [0.2, 0.25) is 0 Å². The minimum absolute atomic E-state index is 0.322. The molecule has 0 N–H and O–H groups in total. The summed E-state index contributed by atoms with van der Waals surface area (Å²) in [4.78, 5) is 2.62. The van der Waals surface area contributed by atoms with Gasteiger partial charge in [-0.3, -0.25) is 4.90 Å². The Bertz CT molecular complexity index is 686. The van der Waals surface area contributed by atoms with Gasteiger partial charge >= 0.3 is 0 Å². The first-order valence-electron chi connectivity index (χ1n) is 8.79. The van der Waals surface area contributed by atoms with E-state index in [0.717, 1.165) is 25.1 Å².